The van der Waals surface area contributed by atoms with Gasteiger partial charge in [-0.1, -0.05) is 17.7 Å². The van der Waals surface area contributed by atoms with Gasteiger partial charge in [0, 0.05) is 18.2 Å². The predicted octanol–water partition coefficient (Wildman–Crippen LogP) is 2.38. The summed E-state index contributed by atoms with van der Waals surface area (Å²) in [7, 11) is -3.82. The average molecular weight is 452 g/mol. The second-order valence-electron chi connectivity index (χ2n) is 8.61. The van der Waals surface area contributed by atoms with E-state index in [4.69, 9.17) is 5.11 Å². The maximum Gasteiger partial charge on any atom is 0.404 e. The van der Waals surface area contributed by atoms with E-state index >= 15 is 0 Å². The monoisotopic (exact) mass is 452 g/mol. The van der Waals surface area contributed by atoms with E-state index in [1.54, 1.807) is 30.3 Å². The van der Waals surface area contributed by atoms with Crippen LogP contribution in [0.4, 0.5) is 4.79 Å². The number of fused-ring (bicyclic) bond motifs is 4. The Morgan fingerprint density at radius 3 is 2.66 bits per heavy atom. The van der Waals surface area contributed by atoms with Crippen LogP contribution in [0, 0.1) is 18.8 Å². The number of hydrogen-bond donors (Lipinski definition) is 2. The average Bonchev–Trinajstić information content (AvgIpc) is 3.06. The number of carboxylic acid groups (broad SMARTS) is 1. The molecule has 2 aliphatic carbocycles. The summed E-state index contributed by atoms with van der Waals surface area (Å²) in [6.07, 6.45) is 3.60. The van der Waals surface area contributed by atoms with Gasteiger partial charge in [-0.15, -0.1) is 10.2 Å². The minimum Gasteiger partial charge on any atom is -0.465 e. The summed E-state index contributed by atoms with van der Waals surface area (Å²) in [4.78, 5) is 15.7. The van der Waals surface area contributed by atoms with E-state index in [1.807, 2.05) is 11.3 Å². The zero-order chi connectivity index (χ0) is 22.2. The quantitative estimate of drug-likeness (QED) is 0.486. The second-order valence-corrected chi connectivity index (χ2v) is 10.4. The Kier molecular flexibility index (Phi) is 3.92. The van der Waals surface area contributed by atoms with E-state index < -0.39 is 16.1 Å². The first-order valence-corrected chi connectivity index (χ1v) is 11.8. The van der Waals surface area contributed by atoms with Crippen molar-refractivity contribution in [3.63, 3.8) is 0 Å². The summed E-state index contributed by atoms with van der Waals surface area (Å²) in [6.45, 7) is 1.90. The Balaban J connectivity index is 1.46. The Morgan fingerprint density at radius 1 is 1.12 bits per heavy atom. The molecule has 164 valence electrons. The number of rotatable bonds is 4. The zero-order valence-corrected chi connectivity index (χ0v) is 17.9. The Labute approximate surface area is 183 Å². The Bertz CT molecular complexity index is 1490. The van der Waals surface area contributed by atoms with Crippen LogP contribution in [0.5, 0.6) is 0 Å². The first kappa shape index (κ1) is 19.2. The number of benzene rings is 1. The van der Waals surface area contributed by atoms with Crippen molar-refractivity contribution in [3.05, 3.63) is 54.1 Å². The third kappa shape index (κ3) is 2.73. The summed E-state index contributed by atoms with van der Waals surface area (Å²) in [5, 5.41) is 20.4. The third-order valence-corrected chi connectivity index (χ3v) is 8.39. The minimum absolute atomic E-state index is 0.0505. The van der Waals surface area contributed by atoms with Gasteiger partial charge in [-0.25, -0.2) is 22.2 Å². The van der Waals surface area contributed by atoms with Crippen LogP contribution in [0.25, 0.3) is 16.8 Å². The molecule has 0 bridgehead atoms. The maximum atomic E-state index is 13.3. The van der Waals surface area contributed by atoms with Crippen molar-refractivity contribution in [3.8, 4) is 0 Å². The molecule has 0 radical (unpaired) electrons. The van der Waals surface area contributed by atoms with Crippen LogP contribution in [0.1, 0.15) is 30.1 Å². The number of aryl methyl sites for hydroxylation is 1. The molecule has 32 heavy (non-hydrogen) atoms. The smallest absolute Gasteiger partial charge is 0.404 e. The van der Waals surface area contributed by atoms with Crippen LogP contribution in [0.15, 0.2) is 47.6 Å². The lowest BCUT2D eigenvalue weighted by Crippen LogP contribution is -2.34. The van der Waals surface area contributed by atoms with Gasteiger partial charge in [0.05, 0.1) is 16.6 Å². The normalized spacial score (nSPS) is 24.7. The fraction of sp³-hybridized carbons (Fsp3) is 0.333. The molecule has 0 saturated heterocycles. The maximum absolute atomic E-state index is 13.3. The SMILES string of the molecule is Cc1ccc(S(=O)(=O)n2ccc3c2ncc2nnc([C@H]4CC(NC(=O)O)C5C[C@H]54)n23)cc1. The largest absolute Gasteiger partial charge is 0.465 e. The molecule has 2 fully saturated rings. The van der Waals surface area contributed by atoms with E-state index in [9.17, 15) is 13.2 Å². The summed E-state index contributed by atoms with van der Waals surface area (Å²) >= 11 is 0. The van der Waals surface area contributed by atoms with Gasteiger partial charge in [0.1, 0.15) is 5.82 Å². The van der Waals surface area contributed by atoms with Crippen LogP contribution in [0.3, 0.4) is 0 Å². The van der Waals surface area contributed by atoms with Crippen LogP contribution in [-0.4, -0.2) is 49.2 Å². The topological polar surface area (TPSA) is 131 Å². The highest BCUT2D eigenvalue weighted by molar-refractivity contribution is 7.90. The van der Waals surface area contributed by atoms with E-state index in [0.29, 0.717) is 35.1 Å². The molecule has 6 rings (SSSR count). The number of aromatic nitrogens is 5. The number of amides is 1. The van der Waals surface area contributed by atoms with E-state index in [2.05, 4.69) is 20.5 Å². The standard InChI is InChI=1S/C21H20N6O4S/c1-11-2-4-12(5-3-11)32(30,31)26-7-6-17-20(26)22-10-18-24-25-19(27(17)18)15-9-16(23-21(28)29)14-8-13(14)15/h2-7,10,13-16,23H,8-9H2,1H3,(H,28,29)/t13-,14?,15+,16?/m1/s1. The lowest BCUT2D eigenvalue weighted by molar-refractivity contribution is 0.188. The lowest BCUT2D eigenvalue weighted by atomic mass is 10.0. The summed E-state index contributed by atoms with van der Waals surface area (Å²) < 4.78 is 29.6. The molecule has 2 unspecified atom stereocenters. The Morgan fingerprint density at radius 2 is 1.91 bits per heavy atom. The third-order valence-electron chi connectivity index (χ3n) is 6.71. The molecule has 2 N–H and O–H groups in total. The van der Waals surface area contributed by atoms with Crippen LogP contribution < -0.4 is 5.32 Å². The van der Waals surface area contributed by atoms with Crippen LogP contribution in [-0.2, 0) is 10.0 Å². The second kappa shape index (κ2) is 6.52. The summed E-state index contributed by atoms with van der Waals surface area (Å²) in [5.74, 6) is 1.43. The molecular weight excluding hydrogens is 432 g/mol. The van der Waals surface area contributed by atoms with Gasteiger partial charge in [0.15, 0.2) is 11.3 Å². The molecule has 4 aromatic rings. The van der Waals surface area contributed by atoms with Gasteiger partial charge in [0.2, 0.25) is 0 Å². The Hall–Kier alpha value is -3.47. The van der Waals surface area contributed by atoms with Gasteiger partial charge in [-0.2, -0.15) is 0 Å². The van der Waals surface area contributed by atoms with Crippen LogP contribution in [0.2, 0.25) is 0 Å². The molecule has 0 aliphatic heterocycles. The highest BCUT2D eigenvalue weighted by Gasteiger charge is 2.56. The fourth-order valence-electron chi connectivity index (χ4n) is 5.12. The summed E-state index contributed by atoms with van der Waals surface area (Å²) in [6, 6.07) is 8.30. The van der Waals surface area contributed by atoms with Gasteiger partial charge >= 0.3 is 6.09 Å². The van der Waals surface area contributed by atoms with Crippen molar-refractivity contribution >= 4 is 32.9 Å². The molecule has 3 heterocycles. The summed E-state index contributed by atoms with van der Waals surface area (Å²) in [5.41, 5.74) is 2.40. The predicted molar refractivity (Wildman–Crippen MR) is 114 cm³/mol. The molecule has 3 aromatic heterocycles. The lowest BCUT2D eigenvalue weighted by Gasteiger charge is -2.15. The molecule has 4 atom stereocenters. The van der Waals surface area contributed by atoms with Crippen molar-refractivity contribution in [2.24, 2.45) is 11.8 Å². The van der Waals surface area contributed by atoms with Crippen molar-refractivity contribution in [2.75, 3.05) is 0 Å². The fourth-order valence-corrected chi connectivity index (χ4v) is 6.41. The van der Waals surface area contributed by atoms with Gasteiger partial charge in [-0.05, 0) is 49.8 Å². The van der Waals surface area contributed by atoms with Crippen LogP contribution >= 0.6 is 0 Å². The zero-order valence-electron chi connectivity index (χ0n) is 17.1. The van der Waals surface area contributed by atoms with E-state index in [1.165, 1.54) is 16.4 Å². The molecule has 1 amide bonds. The van der Waals surface area contributed by atoms with E-state index in [0.717, 1.165) is 17.8 Å². The molecule has 2 aliphatic rings. The highest BCUT2D eigenvalue weighted by atomic mass is 32.2. The van der Waals surface area contributed by atoms with Crippen molar-refractivity contribution in [2.45, 2.75) is 36.6 Å². The highest BCUT2D eigenvalue weighted by Crippen LogP contribution is 2.59. The molecule has 11 heteroatoms. The van der Waals surface area contributed by atoms with Crippen molar-refractivity contribution in [1.82, 2.24) is 28.9 Å². The number of nitrogens with zero attached hydrogens (tertiary/aromatic N) is 5. The van der Waals surface area contributed by atoms with Gasteiger partial charge in [-0.3, -0.25) is 4.40 Å². The van der Waals surface area contributed by atoms with E-state index in [-0.39, 0.29) is 16.9 Å². The van der Waals surface area contributed by atoms with Crippen molar-refractivity contribution in [1.29, 1.82) is 0 Å². The molecule has 0 spiro atoms. The number of hydrogen-bond acceptors (Lipinski definition) is 6. The molecule has 2 saturated carbocycles. The first-order valence-electron chi connectivity index (χ1n) is 10.4. The molecular formula is C21H20N6O4S. The first-order chi connectivity index (χ1) is 15.3. The minimum atomic E-state index is -3.82. The number of carbonyl (C=O) groups is 1. The molecule has 10 nitrogen and oxygen atoms in total. The van der Waals surface area contributed by atoms with Gasteiger partial charge in [0.25, 0.3) is 10.0 Å². The van der Waals surface area contributed by atoms with Gasteiger partial charge < -0.3 is 10.4 Å². The van der Waals surface area contributed by atoms with Crippen molar-refractivity contribution < 1.29 is 18.3 Å². The number of nitrogens with one attached hydrogen (secondary N) is 1. The molecule has 1 aromatic carbocycles.